The van der Waals surface area contributed by atoms with Crippen LogP contribution in [0.25, 0.3) is 0 Å². The van der Waals surface area contributed by atoms with E-state index >= 15 is 0 Å². The molecule has 0 N–H and O–H groups in total. The van der Waals surface area contributed by atoms with Gasteiger partial charge in [0, 0.05) is 17.1 Å². The minimum Gasteiger partial charge on any atom is -0.497 e. The van der Waals surface area contributed by atoms with Crippen molar-refractivity contribution in [3.05, 3.63) is 21.8 Å². The fourth-order valence-electron chi connectivity index (χ4n) is 6.10. The molecule has 198 valence electrons. The largest absolute Gasteiger partial charge is 0.497 e. The van der Waals surface area contributed by atoms with Crippen LogP contribution in [-0.2, 0) is 4.74 Å². The number of ether oxygens (including phenoxy) is 1. The topological polar surface area (TPSA) is 9.23 Å². The number of thioether (sulfide) groups is 1. The van der Waals surface area contributed by atoms with Gasteiger partial charge in [-0.1, -0.05) is 116 Å². The Hall–Kier alpha value is -0.370. The first-order chi connectivity index (χ1) is 14.9. The van der Waals surface area contributed by atoms with Gasteiger partial charge in [0.25, 0.3) is 0 Å². The van der Waals surface area contributed by atoms with Crippen LogP contribution in [0.3, 0.4) is 0 Å². The van der Waals surface area contributed by atoms with E-state index in [1.165, 1.54) is 24.4 Å². The van der Waals surface area contributed by atoms with E-state index in [4.69, 9.17) is 4.74 Å². The van der Waals surface area contributed by atoms with Crippen LogP contribution in [0.1, 0.15) is 124 Å². The van der Waals surface area contributed by atoms with Gasteiger partial charge in [0.2, 0.25) is 0 Å². The zero-order valence-corrected chi connectivity index (χ0v) is 26.6. The van der Waals surface area contributed by atoms with Gasteiger partial charge in [0.05, 0.1) is 6.61 Å². The van der Waals surface area contributed by atoms with Crippen LogP contribution < -0.4 is 0 Å². The van der Waals surface area contributed by atoms with Crippen LogP contribution in [0.2, 0.25) is 0 Å². The highest BCUT2D eigenvalue weighted by atomic mass is 32.2. The van der Waals surface area contributed by atoms with Crippen molar-refractivity contribution >= 4 is 11.8 Å². The summed E-state index contributed by atoms with van der Waals surface area (Å²) in [5.74, 6) is 3.62. The van der Waals surface area contributed by atoms with Gasteiger partial charge in [0.1, 0.15) is 5.76 Å². The summed E-state index contributed by atoms with van der Waals surface area (Å²) in [6.45, 7) is 39.4. The molecule has 2 unspecified atom stereocenters. The Kier molecular flexibility index (Phi) is 8.06. The van der Waals surface area contributed by atoms with E-state index in [1.807, 2.05) is 0 Å². The molecule has 2 aliphatic rings. The molecule has 2 heteroatoms. The summed E-state index contributed by atoms with van der Waals surface area (Å²) in [7, 11) is 0. The van der Waals surface area contributed by atoms with Crippen molar-refractivity contribution in [3.63, 3.8) is 0 Å². The summed E-state index contributed by atoms with van der Waals surface area (Å²) in [6, 6.07) is 0. The monoisotopic (exact) mass is 490 g/mol. The molecular formula is C32H58OS. The highest BCUT2D eigenvalue weighted by Gasteiger charge is 2.47. The van der Waals surface area contributed by atoms with E-state index in [-0.39, 0.29) is 27.1 Å². The predicted molar refractivity (Wildman–Crippen MR) is 154 cm³/mol. The van der Waals surface area contributed by atoms with E-state index in [9.17, 15) is 0 Å². The molecule has 1 nitrogen and oxygen atoms in total. The molecule has 0 bridgehead atoms. The zero-order valence-electron chi connectivity index (χ0n) is 25.8. The molecule has 34 heavy (non-hydrogen) atoms. The fraction of sp³-hybridized carbons (Fsp3) is 0.875. The van der Waals surface area contributed by atoms with Crippen LogP contribution in [-0.4, -0.2) is 12.4 Å². The molecule has 2 atom stereocenters. The van der Waals surface area contributed by atoms with Crippen molar-refractivity contribution in [2.45, 2.75) is 124 Å². The third-order valence-corrected chi connectivity index (χ3v) is 9.83. The van der Waals surface area contributed by atoms with Crippen LogP contribution in [0.15, 0.2) is 21.8 Å². The first-order valence-corrected chi connectivity index (χ1v) is 14.6. The first-order valence-electron chi connectivity index (χ1n) is 13.7. The molecule has 2 aliphatic heterocycles. The lowest BCUT2D eigenvalue weighted by atomic mass is 9.63. The molecule has 0 amide bonds. The molecule has 2 heterocycles. The maximum atomic E-state index is 6.47. The van der Waals surface area contributed by atoms with Gasteiger partial charge in [-0.15, -0.1) is 11.8 Å². The molecule has 0 aromatic carbocycles. The Labute approximate surface area is 218 Å². The van der Waals surface area contributed by atoms with Crippen molar-refractivity contribution in [2.24, 2.45) is 44.3 Å². The Balaban J connectivity index is 2.38. The van der Waals surface area contributed by atoms with Crippen molar-refractivity contribution in [1.29, 1.82) is 0 Å². The first kappa shape index (κ1) is 29.9. The van der Waals surface area contributed by atoms with Crippen LogP contribution in [0, 0.1) is 44.3 Å². The summed E-state index contributed by atoms with van der Waals surface area (Å²) in [5.41, 5.74) is 4.38. The molecule has 0 saturated carbocycles. The van der Waals surface area contributed by atoms with Crippen molar-refractivity contribution in [1.82, 2.24) is 0 Å². The van der Waals surface area contributed by atoms with E-state index in [0.717, 1.165) is 6.61 Å². The molecule has 0 saturated heterocycles. The lowest BCUT2D eigenvalue weighted by Gasteiger charge is -2.41. The van der Waals surface area contributed by atoms with Gasteiger partial charge >= 0.3 is 0 Å². The SMILES string of the molecule is CC(C)(C)C1=C(C(C)(C)C)C(C(C)(C)CCC(C)(C)C2=C(C(C)(C)C)C(C(C)(C)C)CS2)CO1. The summed E-state index contributed by atoms with van der Waals surface area (Å²) in [6.07, 6.45) is 2.43. The second kappa shape index (κ2) is 9.18. The average Bonchev–Trinajstić information content (AvgIpc) is 3.24. The van der Waals surface area contributed by atoms with E-state index in [1.54, 1.807) is 16.1 Å². The maximum absolute atomic E-state index is 6.47. The zero-order chi connectivity index (χ0) is 26.7. The molecule has 0 radical (unpaired) electrons. The van der Waals surface area contributed by atoms with Crippen molar-refractivity contribution in [3.8, 4) is 0 Å². The molecule has 0 aliphatic carbocycles. The van der Waals surface area contributed by atoms with Gasteiger partial charge in [0.15, 0.2) is 0 Å². The lowest BCUT2D eigenvalue weighted by Crippen LogP contribution is -2.33. The minimum absolute atomic E-state index is 0.0571. The lowest BCUT2D eigenvalue weighted by molar-refractivity contribution is 0.111. The summed E-state index contributed by atoms with van der Waals surface area (Å²) < 4.78 is 6.47. The number of hydrogen-bond acceptors (Lipinski definition) is 2. The van der Waals surface area contributed by atoms with E-state index in [0.29, 0.717) is 17.3 Å². The second-order valence-electron chi connectivity index (χ2n) is 16.7. The number of hydrogen-bond donors (Lipinski definition) is 0. The standard InChI is InChI=1S/C32H58OS/c1-27(2,3)22-20-34-26(24(22)29(7,8)9)32(15,16)18-17-31(13,14)21-19-33-25(30(10,11)12)23(21)28(4,5)6/h21-22H,17-20H2,1-16H3. The molecule has 0 fully saturated rings. The Morgan fingerprint density at radius 2 is 1.15 bits per heavy atom. The molecule has 0 spiro atoms. The smallest absolute Gasteiger partial charge is 0.101 e. The minimum atomic E-state index is 0.0571. The Bertz CT molecular complexity index is 809. The molecule has 0 aromatic heterocycles. The summed E-state index contributed by atoms with van der Waals surface area (Å²) >= 11 is 2.16. The Morgan fingerprint density at radius 3 is 1.56 bits per heavy atom. The normalized spacial score (nSPS) is 23.8. The highest BCUT2D eigenvalue weighted by molar-refractivity contribution is 8.03. The van der Waals surface area contributed by atoms with Gasteiger partial charge < -0.3 is 4.74 Å². The van der Waals surface area contributed by atoms with Crippen LogP contribution in [0.5, 0.6) is 0 Å². The average molecular weight is 491 g/mol. The third kappa shape index (κ3) is 6.30. The van der Waals surface area contributed by atoms with Gasteiger partial charge in [-0.05, 0) is 56.3 Å². The Morgan fingerprint density at radius 1 is 0.647 bits per heavy atom. The van der Waals surface area contributed by atoms with Gasteiger partial charge in [-0.2, -0.15) is 0 Å². The van der Waals surface area contributed by atoms with Crippen molar-refractivity contribution < 1.29 is 4.74 Å². The second-order valence-corrected chi connectivity index (χ2v) is 17.7. The summed E-state index contributed by atoms with van der Waals surface area (Å²) in [5, 5.41) is 0. The summed E-state index contributed by atoms with van der Waals surface area (Å²) in [4.78, 5) is 1.68. The van der Waals surface area contributed by atoms with Crippen molar-refractivity contribution in [2.75, 3.05) is 12.4 Å². The third-order valence-electron chi connectivity index (χ3n) is 8.27. The quantitative estimate of drug-likeness (QED) is 0.379. The van der Waals surface area contributed by atoms with Gasteiger partial charge in [-0.3, -0.25) is 0 Å². The van der Waals surface area contributed by atoms with E-state index < -0.39 is 0 Å². The number of rotatable bonds is 5. The fourth-order valence-corrected chi connectivity index (χ4v) is 8.20. The molecule has 2 rings (SSSR count). The van der Waals surface area contributed by atoms with Gasteiger partial charge in [-0.25, -0.2) is 0 Å². The molecule has 0 aromatic rings. The molecular weight excluding hydrogens is 432 g/mol. The maximum Gasteiger partial charge on any atom is 0.101 e. The predicted octanol–water partition coefficient (Wildman–Crippen LogP) is 10.5. The highest BCUT2D eigenvalue weighted by Crippen LogP contribution is 2.58. The van der Waals surface area contributed by atoms with Crippen LogP contribution >= 0.6 is 11.8 Å². The van der Waals surface area contributed by atoms with E-state index in [2.05, 4.69) is 123 Å². The number of allylic oxidation sites excluding steroid dienone is 3. The van der Waals surface area contributed by atoms with Crippen LogP contribution in [0.4, 0.5) is 0 Å².